The molecule has 0 atom stereocenters. The van der Waals surface area contributed by atoms with Crippen molar-refractivity contribution in [3.8, 4) is 5.75 Å². The normalized spacial score (nSPS) is 16.1. The first-order valence-electron chi connectivity index (χ1n) is 9.74. The van der Waals surface area contributed by atoms with E-state index in [4.69, 9.17) is 9.47 Å². The lowest BCUT2D eigenvalue weighted by molar-refractivity contribution is -0.141. The molecule has 2 aromatic carbocycles. The smallest absolute Gasteiger partial charge is 0.325 e. The van der Waals surface area contributed by atoms with E-state index in [0.29, 0.717) is 16.7 Å². The molecule has 2 heterocycles. The van der Waals surface area contributed by atoms with Crippen LogP contribution in [0.4, 0.5) is 5.69 Å². The molecule has 1 fully saturated rings. The summed E-state index contributed by atoms with van der Waals surface area (Å²) in [6, 6.07) is 15.1. The van der Waals surface area contributed by atoms with Crippen molar-refractivity contribution < 1.29 is 19.1 Å². The molecule has 1 aliphatic rings. The number of nitrogens with zero attached hydrogens (tertiary/aromatic N) is 2. The van der Waals surface area contributed by atoms with Crippen molar-refractivity contribution >= 4 is 51.5 Å². The van der Waals surface area contributed by atoms with Crippen LogP contribution >= 0.6 is 11.8 Å². The number of benzene rings is 2. The number of hydrogen-bond donors (Lipinski definition) is 1. The molecule has 1 saturated heterocycles. The maximum Gasteiger partial charge on any atom is 0.325 e. The van der Waals surface area contributed by atoms with Crippen LogP contribution < -0.4 is 10.1 Å². The molecular formula is C23H21N3O4S. The highest BCUT2D eigenvalue weighted by atomic mass is 32.2. The zero-order valence-corrected chi connectivity index (χ0v) is 17.9. The number of carbonyl (C=O) groups is 2. The van der Waals surface area contributed by atoms with Crippen molar-refractivity contribution in [3.63, 3.8) is 0 Å². The summed E-state index contributed by atoms with van der Waals surface area (Å²) in [4.78, 5) is 29.3. The SMILES string of the molecule is CCOc1ccc(N=C2NC(=O)/C(=C/c3cn(CC(=O)OC)c4ccccc34)S2)cc1. The summed E-state index contributed by atoms with van der Waals surface area (Å²) in [6.45, 7) is 2.63. The minimum Gasteiger partial charge on any atom is -0.494 e. The van der Waals surface area contributed by atoms with Crippen LogP contribution in [0, 0.1) is 0 Å². The summed E-state index contributed by atoms with van der Waals surface area (Å²) >= 11 is 1.28. The van der Waals surface area contributed by atoms with Crippen LogP contribution in [0.1, 0.15) is 12.5 Å². The summed E-state index contributed by atoms with van der Waals surface area (Å²) in [5, 5.41) is 4.26. The molecule has 1 aromatic heterocycles. The largest absolute Gasteiger partial charge is 0.494 e. The van der Waals surface area contributed by atoms with Gasteiger partial charge in [-0.25, -0.2) is 4.99 Å². The standard InChI is InChI=1S/C23H21N3O4S/c1-3-30-17-10-8-16(9-11-17)24-23-25-22(28)20(31-23)12-15-13-26(14-21(27)29-2)19-7-5-4-6-18(15)19/h4-13H,3,14H2,1-2H3,(H,24,25,28)/b20-12-. The summed E-state index contributed by atoms with van der Waals surface area (Å²) < 4.78 is 12.0. The Morgan fingerprint density at radius 2 is 1.97 bits per heavy atom. The fourth-order valence-corrected chi connectivity index (χ4v) is 4.08. The van der Waals surface area contributed by atoms with Crippen LogP contribution in [-0.4, -0.2) is 35.3 Å². The number of hydrogen-bond acceptors (Lipinski definition) is 6. The molecule has 1 N–H and O–H groups in total. The van der Waals surface area contributed by atoms with Gasteiger partial charge in [-0.1, -0.05) is 18.2 Å². The number of ether oxygens (including phenoxy) is 2. The van der Waals surface area contributed by atoms with Crippen LogP contribution in [0.3, 0.4) is 0 Å². The summed E-state index contributed by atoms with van der Waals surface area (Å²) in [7, 11) is 1.36. The number of aliphatic imine (C=N–C) groups is 1. The summed E-state index contributed by atoms with van der Waals surface area (Å²) in [5.41, 5.74) is 2.47. The van der Waals surface area contributed by atoms with Gasteiger partial charge in [-0.05, 0) is 55.1 Å². The van der Waals surface area contributed by atoms with Crippen molar-refractivity contribution in [2.24, 2.45) is 4.99 Å². The average molecular weight is 436 g/mol. The zero-order chi connectivity index (χ0) is 21.8. The number of carbonyl (C=O) groups excluding carboxylic acids is 2. The average Bonchev–Trinajstić information content (AvgIpc) is 3.29. The molecule has 0 spiro atoms. The van der Waals surface area contributed by atoms with Gasteiger partial charge in [0.25, 0.3) is 5.91 Å². The first-order valence-corrected chi connectivity index (χ1v) is 10.6. The van der Waals surface area contributed by atoms with Gasteiger partial charge in [-0.3, -0.25) is 9.59 Å². The second-order valence-corrected chi connectivity index (χ2v) is 7.74. The molecule has 7 nitrogen and oxygen atoms in total. The van der Waals surface area contributed by atoms with Gasteiger partial charge < -0.3 is 19.4 Å². The molecule has 0 bridgehead atoms. The Labute approximate surface area is 183 Å². The molecule has 0 radical (unpaired) electrons. The highest BCUT2D eigenvalue weighted by Crippen LogP contribution is 2.31. The molecule has 158 valence electrons. The van der Waals surface area contributed by atoms with Crippen molar-refractivity contribution in [2.75, 3.05) is 13.7 Å². The van der Waals surface area contributed by atoms with Gasteiger partial charge in [0.2, 0.25) is 0 Å². The number of rotatable bonds is 6. The molecule has 1 aliphatic heterocycles. The first-order chi connectivity index (χ1) is 15.1. The van der Waals surface area contributed by atoms with E-state index < -0.39 is 0 Å². The first kappa shape index (κ1) is 20.7. The molecule has 0 aliphatic carbocycles. The minimum atomic E-state index is -0.335. The number of methoxy groups -OCH3 is 1. The Bertz CT molecular complexity index is 1200. The Balaban J connectivity index is 1.60. The van der Waals surface area contributed by atoms with E-state index in [0.717, 1.165) is 27.9 Å². The lowest BCUT2D eigenvalue weighted by Crippen LogP contribution is -2.19. The highest BCUT2D eigenvalue weighted by Gasteiger charge is 2.24. The molecule has 8 heteroatoms. The van der Waals surface area contributed by atoms with E-state index >= 15 is 0 Å². The monoisotopic (exact) mass is 435 g/mol. The predicted octanol–water partition coefficient (Wildman–Crippen LogP) is 4.10. The van der Waals surface area contributed by atoms with Crippen LogP contribution in [-0.2, 0) is 20.9 Å². The van der Waals surface area contributed by atoms with Crippen LogP contribution in [0.15, 0.2) is 64.6 Å². The lowest BCUT2D eigenvalue weighted by Gasteiger charge is -2.02. The number of fused-ring (bicyclic) bond motifs is 1. The molecule has 4 rings (SSSR count). The van der Waals surface area contributed by atoms with Crippen LogP contribution in [0.5, 0.6) is 5.75 Å². The Morgan fingerprint density at radius 1 is 1.19 bits per heavy atom. The highest BCUT2D eigenvalue weighted by molar-refractivity contribution is 8.18. The number of amidine groups is 1. The second kappa shape index (κ2) is 9.09. The summed E-state index contributed by atoms with van der Waals surface area (Å²) in [6.07, 6.45) is 3.67. The van der Waals surface area contributed by atoms with E-state index in [1.54, 1.807) is 0 Å². The van der Waals surface area contributed by atoms with Gasteiger partial charge in [-0.15, -0.1) is 0 Å². The van der Waals surface area contributed by atoms with E-state index in [1.165, 1.54) is 18.9 Å². The fraction of sp³-hybridized carbons (Fsp3) is 0.174. The van der Waals surface area contributed by atoms with Gasteiger partial charge >= 0.3 is 5.97 Å². The number of aromatic nitrogens is 1. The number of thioether (sulfide) groups is 1. The minimum absolute atomic E-state index is 0.101. The van der Waals surface area contributed by atoms with E-state index in [2.05, 4.69) is 10.3 Å². The van der Waals surface area contributed by atoms with E-state index in [-0.39, 0.29) is 18.4 Å². The van der Waals surface area contributed by atoms with Crippen molar-refractivity contribution in [2.45, 2.75) is 13.5 Å². The van der Waals surface area contributed by atoms with Gasteiger partial charge in [0.1, 0.15) is 12.3 Å². The molecular weight excluding hydrogens is 414 g/mol. The maximum absolute atomic E-state index is 12.5. The molecule has 31 heavy (non-hydrogen) atoms. The zero-order valence-electron chi connectivity index (χ0n) is 17.1. The number of amides is 1. The van der Waals surface area contributed by atoms with Gasteiger partial charge in [0.05, 0.1) is 24.3 Å². The third kappa shape index (κ3) is 4.64. The lowest BCUT2D eigenvalue weighted by atomic mass is 10.1. The van der Waals surface area contributed by atoms with Crippen LogP contribution in [0.25, 0.3) is 17.0 Å². The van der Waals surface area contributed by atoms with Crippen molar-refractivity contribution in [1.82, 2.24) is 9.88 Å². The van der Waals surface area contributed by atoms with Crippen molar-refractivity contribution in [3.05, 3.63) is 65.2 Å². The topological polar surface area (TPSA) is 81.9 Å². The number of esters is 1. The van der Waals surface area contributed by atoms with Gasteiger partial charge in [0, 0.05) is 22.7 Å². The number of nitrogens with one attached hydrogen (secondary N) is 1. The van der Waals surface area contributed by atoms with Crippen molar-refractivity contribution in [1.29, 1.82) is 0 Å². The summed E-state index contributed by atoms with van der Waals surface area (Å²) in [5.74, 6) is 0.232. The fourth-order valence-electron chi connectivity index (χ4n) is 3.25. The number of para-hydroxylation sites is 1. The van der Waals surface area contributed by atoms with E-state index in [1.807, 2.05) is 72.3 Å². The Morgan fingerprint density at radius 3 is 2.71 bits per heavy atom. The third-order valence-corrected chi connectivity index (χ3v) is 5.57. The molecule has 1 amide bonds. The molecule has 0 unspecified atom stereocenters. The second-order valence-electron chi connectivity index (χ2n) is 6.71. The third-order valence-electron chi connectivity index (χ3n) is 4.66. The van der Waals surface area contributed by atoms with Gasteiger partial charge in [0.15, 0.2) is 5.17 Å². The molecule has 0 saturated carbocycles. The maximum atomic E-state index is 12.5. The Kier molecular flexibility index (Phi) is 6.08. The Hall–Kier alpha value is -3.52. The predicted molar refractivity (Wildman–Crippen MR) is 122 cm³/mol. The van der Waals surface area contributed by atoms with E-state index in [9.17, 15) is 9.59 Å². The van der Waals surface area contributed by atoms with Gasteiger partial charge in [-0.2, -0.15) is 0 Å². The molecule has 3 aromatic rings. The quantitative estimate of drug-likeness (QED) is 0.466. The van der Waals surface area contributed by atoms with Crippen LogP contribution in [0.2, 0.25) is 0 Å².